The van der Waals surface area contributed by atoms with Crippen LogP contribution in [-0.4, -0.2) is 17.0 Å². The van der Waals surface area contributed by atoms with E-state index in [1.165, 1.54) is 0 Å². The van der Waals surface area contributed by atoms with Gasteiger partial charge in [-0.15, -0.1) is 0 Å². The van der Waals surface area contributed by atoms with Crippen LogP contribution in [0, 0.1) is 0 Å². The predicted molar refractivity (Wildman–Crippen MR) is 73.1 cm³/mol. The summed E-state index contributed by atoms with van der Waals surface area (Å²) in [5, 5.41) is 0.566. The second-order valence-electron chi connectivity index (χ2n) is 3.77. The summed E-state index contributed by atoms with van der Waals surface area (Å²) in [6.45, 7) is 4.06. The number of nitrogens with zero attached hydrogens (tertiary/aromatic N) is 1. The zero-order chi connectivity index (χ0) is 13.1. The second kappa shape index (κ2) is 5.27. The molecule has 0 amide bonds. The maximum atomic E-state index is 11.9. The smallest absolute Gasteiger partial charge is 0.340 e. The number of carbonyl (C=O) groups excluding carboxylic acids is 1. The molecule has 2 aromatic rings. The highest BCUT2D eigenvalue weighted by Crippen LogP contribution is 2.23. The van der Waals surface area contributed by atoms with Crippen LogP contribution in [0.15, 0.2) is 30.3 Å². The molecule has 2 aromatic heterocycles. The number of esters is 1. The zero-order valence-corrected chi connectivity index (χ0v) is 11.1. The van der Waals surface area contributed by atoms with Crippen LogP contribution < -0.4 is 0 Å². The quantitative estimate of drug-likeness (QED) is 0.623. The summed E-state index contributed by atoms with van der Waals surface area (Å²) < 4.78 is 6.88. The monoisotopic (exact) mass is 263 g/mol. The van der Waals surface area contributed by atoms with E-state index in [0.29, 0.717) is 17.3 Å². The van der Waals surface area contributed by atoms with Crippen molar-refractivity contribution in [1.29, 1.82) is 0 Å². The summed E-state index contributed by atoms with van der Waals surface area (Å²) in [6.07, 6.45) is 3.81. The highest BCUT2D eigenvalue weighted by Gasteiger charge is 2.16. The molecule has 0 fully saturated rings. The Bertz CT molecular complexity index is 614. The molecule has 18 heavy (non-hydrogen) atoms. The first-order valence-corrected chi connectivity index (χ1v) is 6.16. The Morgan fingerprint density at radius 2 is 2.28 bits per heavy atom. The Kier molecular flexibility index (Phi) is 3.72. The van der Waals surface area contributed by atoms with Crippen LogP contribution in [0.25, 0.3) is 11.6 Å². The summed E-state index contributed by atoms with van der Waals surface area (Å²) in [4.78, 5) is 11.9. The molecule has 0 aliphatic carbocycles. The number of hydrogen-bond acceptors (Lipinski definition) is 2. The lowest BCUT2D eigenvalue weighted by molar-refractivity contribution is 0.0529. The minimum Gasteiger partial charge on any atom is -0.462 e. The Morgan fingerprint density at radius 3 is 2.94 bits per heavy atom. The molecule has 0 aliphatic rings. The zero-order valence-electron chi connectivity index (χ0n) is 10.3. The Hall–Kier alpha value is -1.74. The van der Waals surface area contributed by atoms with Gasteiger partial charge in [-0.2, -0.15) is 0 Å². The number of rotatable bonds is 3. The Balaban J connectivity index is 2.69. The predicted octanol–water partition coefficient (Wildman–Crippen LogP) is 3.80. The van der Waals surface area contributed by atoms with Crippen molar-refractivity contribution in [3.8, 4) is 0 Å². The highest BCUT2D eigenvalue weighted by atomic mass is 35.5. The van der Waals surface area contributed by atoms with E-state index in [9.17, 15) is 4.79 Å². The number of fused-ring (bicyclic) bond motifs is 1. The molecule has 3 nitrogen and oxygen atoms in total. The molecule has 0 aliphatic heterocycles. The first-order valence-electron chi connectivity index (χ1n) is 5.78. The number of pyridine rings is 1. The molecule has 94 valence electrons. The Morgan fingerprint density at radius 1 is 1.50 bits per heavy atom. The van der Waals surface area contributed by atoms with Crippen LogP contribution in [0.4, 0.5) is 0 Å². The van der Waals surface area contributed by atoms with E-state index in [-0.39, 0.29) is 5.97 Å². The fourth-order valence-electron chi connectivity index (χ4n) is 1.91. The van der Waals surface area contributed by atoms with Gasteiger partial charge in [0.05, 0.1) is 17.7 Å². The molecule has 0 unspecified atom stereocenters. The van der Waals surface area contributed by atoms with Gasteiger partial charge in [-0.05, 0) is 38.1 Å². The van der Waals surface area contributed by atoms with Crippen LogP contribution in [0.2, 0.25) is 5.15 Å². The first kappa shape index (κ1) is 12.7. The minimum atomic E-state index is -0.326. The number of allylic oxidation sites excluding steroid dienone is 1. The average Bonchev–Trinajstić information content (AvgIpc) is 2.70. The van der Waals surface area contributed by atoms with Gasteiger partial charge in [-0.3, -0.25) is 4.40 Å². The minimum absolute atomic E-state index is 0.326. The molecule has 4 heteroatoms. The van der Waals surface area contributed by atoms with Gasteiger partial charge >= 0.3 is 5.97 Å². The van der Waals surface area contributed by atoms with Crippen molar-refractivity contribution in [1.82, 2.24) is 4.40 Å². The van der Waals surface area contributed by atoms with E-state index in [4.69, 9.17) is 16.3 Å². The van der Waals surface area contributed by atoms with Gasteiger partial charge in [-0.25, -0.2) is 4.79 Å². The largest absolute Gasteiger partial charge is 0.462 e. The Labute approximate surface area is 111 Å². The van der Waals surface area contributed by atoms with Gasteiger partial charge in [0, 0.05) is 5.69 Å². The van der Waals surface area contributed by atoms with Gasteiger partial charge in [0.2, 0.25) is 0 Å². The maximum absolute atomic E-state index is 11.9. The van der Waals surface area contributed by atoms with Crippen molar-refractivity contribution in [2.75, 3.05) is 6.61 Å². The SMILES string of the molecule is C/C=C/c1cc(C(=O)OCC)c2cccc(Cl)n12. The third kappa shape index (κ3) is 2.14. The molecule has 2 heterocycles. The highest BCUT2D eigenvalue weighted by molar-refractivity contribution is 6.30. The number of ether oxygens (including phenoxy) is 1. The summed E-state index contributed by atoms with van der Waals surface area (Å²) in [5.41, 5.74) is 2.16. The van der Waals surface area contributed by atoms with Gasteiger partial charge in [0.25, 0.3) is 0 Å². The third-order valence-electron chi connectivity index (χ3n) is 2.60. The van der Waals surface area contributed by atoms with Crippen LogP contribution in [0.1, 0.15) is 29.9 Å². The molecule has 0 spiro atoms. The van der Waals surface area contributed by atoms with Crippen LogP contribution in [0.3, 0.4) is 0 Å². The van der Waals surface area contributed by atoms with Gasteiger partial charge in [0.1, 0.15) is 5.15 Å². The van der Waals surface area contributed by atoms with Gasteiger partial charge in [-0.1, -0.05) is 23.7 Å². The number of halogens is 1. The maximum Gasteiger partial charge on any atom is 0.340 e. The van der Waals surface area contributed by atoms with Crippen LogP contribution in [0.5, 0.6) is 0 Å². The first-order chi connectivity index (χ1) is 8.69. The molecule has 0 atom stereocenters. The van der Waals surface area contributed by atoms with E-state index in [2.05, 4.69) is 0 Å². The van der Waals surface area contributed by atoms with Crippen molar-refractivity contribution >= 4 is 29.2 Å². The molecule has 0 saturated heterocycles. The fourth-order valence-corrected chi connectivity index (χ4v) is 2.17. The molecule has 0 N–H and O–H groups in total. The van der Waals surface area contributed by atoms with Gasteiger partial charge in [0.15, 0.2) is 0 Å². The number of carbonyl (C=O) groups is 1. The van der Waals surface area contributed by atoms with Crippen molar-refractivity contribution in [3.05, 3.63) is 46.8 Å². The summed E-state index contributed by atoms with van der Waals surface area (Å²) in [5.74, 6) is -0.326. The van der Waals surface area contributed by atoms with Crippen molar-refractivity contribution in [2.45, 2.75) is 13.8 Å². The molecular weight excluding hydrogens is 250 g/mol. The molecular formula is C14H14ClNO2. The normalized spacial score (nSPS) is 11.3. The van der Waals surface area contributed by atoms with Crippen LogP contribution in [-0.2, 0) is 4.74 Å². The van der Waals surface area contributed by atoms with Crippen LogP contribution >= 0.6 is 11.6 Å². The summed E-state index contributed by atoms with van der Waals surface area (Å²) >= 11 is 6.17. The van der Waals surface area contributed by atoms with Crippen molar-refractivity contribution in [3.63, 3.8) is 0 Å². The number of hydrogen-bond donors (Lipinski definition) is 0. The lowest BCUT2D eigenvalue weighted by Gasteiger charge is -2.02. The van der Waals surface area contributed by atoms with Crippen molar-refractivity contribution < 1.29 is 9.53 Å². The third-order valence-corrected chi connectivity index (χ3v) is 2.90. The molecule has 0 saturated carbocycles. The van der Waals surface area contributed by atoms with Crippen molar-refractivity contribution in [2.24, 2.45) is 0 Å². The standard InChI is InChI=1S/C14H14ClNO2/c1-3-6-10-9-11(14(17)18-4-2)12-7-5-8-13(15)16(10)12/h3,5-9H,4H2,1-2H3/b6-3+. The fraction of sp³-hybridized carbons (Fsp3) is 0.214. The van der Waals surface area contributed by atoms with E-state index in [1.54, 1.807) is 19.1 Å². The second-order valence-corrected chi connectivity index (χ2v) is 4.16. The molecule has 2 rings (SSSR count). The van der Waals surface area contributed by atoms with Gasteiger partial charge < -0.3 is 4.74 Å². The lowest BCUT2D eigenvalue weighted by Crippen LogP contribution is -2.03. The summed E-state index contributed by atoms with van der Waals surface area (Å²) in [7, 11) is 0. The summed E-state index contributed by atoms with van der Waals surface area (Å²) in [6, 6.07) is 7.25. The van der Waals surface area contributed by atoms with E-state index in [0.717, 1.165) is 11.2 Å². The van der Waals surface area contributed by atoms with E-state index in [1.807, 2.05) is 35.6 Å². The average molecular weight is 264 g/mol. The van der Waals surface area contributed by atoms with E-state index < -0.39 is 0 Å². The molecule has 0 radical (unpaired) electrons. The molecule has 0 aromatic carbocycles. The van der Waals surface area contributed by atoms with E-state index >= 15 is 0 Å². The number of aromatic nitrogens is 1. The molecule has 0 bridgehead atoms. The topological polar surface area (TPSA) is 30.7 Å². The lowest BCUT2D eigenvalue weighted by atomic mass is 10.2.